The van der Waals surface area contributed by atoms with E-state index in [0.29, 0.717) is 37.1 Å². The van der Waals surface area contributed by atoms with Crippen LogP contribution in [-0.4, -0.2) is 63.8 Å². The number of fused-ring (bicyclic) bond motifs is 1. The Morgan fingerprint density at radius 2 is 2.04 bits per heavy atom. The molecular weight excluding hydrogens is 366 g/mol. The fourth-order valence-corrected chi connectivity index (χ4v) is 6.36. The number of alkyl halides is 1. The van der Waals surface area contributed by atoms with Crippen LogP contribution in [0.5, 0.6) is 0 Å². The number of halogens is 1. The first kappa shape index (κ1) is 17.0. The summed E-state index contributed by atoms with van der Waals surface area (Å²) in [6.45, 7) is 0.649. The van der Waals surface area contributed by atoms with Gasteiger partial charge in [-0.3, -0.25) is 14.3 Å². The Balaban J connectivity index is 1.61. The number of aryl methyl sites for hydroxylation is 1. The lowest BCUT2D eigenvalue weighted by Crippen LogP contribution is -2.46. The number of hydrogen-bond acceptors (Lipinski definition) is 5. The smallest absolute Gasteiger partial charge is 0.272 e. The first-order valence-corrected chi connectivity index (χ1v) is 10.6. The third-order valence-electron chi connectivity index (χ3n) is 5.51. The van der Waals surface area contributed by atoms with Gasteiger partial charge in [-0.25, -0.2) is 8.42 Å². The van der Waals surface area contributed by atoms with Gasteiger partial charge < -0.3 is 4.90 Å². The molecule has 0 radical (unpaired) electrons. The summed E-state index contributed by atoms with van der Waals surface area (Å²) in [5.41, 5.74) is 1.26. The molecule has 9 heteroatoms. The third kappa shape index (κ3) is 2.52. The number of nitrogens with zero attached hydrogens (tertiary/aromatic N) is 3. The van der Waals surface area contributed by atoms with Gasteiger partial charge in [0, 0.05) is 25.7 Å². The van der Waals surface area contributed by atoms with E-state index in [0.717, 1.165) is 12.8 Å². The number of ketones is 1. The van der Waals surface area contributed by atoms with Gasteiger partial charge in [-0.1, -0.05) is 0 Å². The minimum atomic E-state index is -3.16. The number of rotatable bonds is 6. The number of aromatic nitrogens is 2. The Labute approximate surface area is 151 Å². The van der Waals surface area contributed by atoms with Crippen molar-refractivity contribution in [2.45, 2.75) is 42.1 Å². The van der Waals surface area contributed by atoms with Crippen molar-refractivity contribution in [3.05, 3.63) is 17.0 Å². The van der Waals surface area contributed by atoms with Crippen molar-refractivity contribution in [3.63, 3.8) is 0 Å². The third-order valence-corrected chi connectivity index (χ3v) is 8.84. The summed E-state index contributed by atoms with van der Waals surface area (Å²) in [5, 5.41) is 3.95. The molecule has 2 aliphatic carbocycles. The molecule has 0 aromatic carbocycles. The van der Waals surface area contributed by atoms with Crippen LogP contribution >= 0.6 is 11.6 Å². The molecule has 2 fully saturated rings. The summed E-state index contributed by atoms with van der Waals surface area (Å²) >= 11 is 5.62. The first-order chi connectivity index (χ1) is 11.8. The lowest BCUT2D eigenvalue weighted by Gasteiger charge is -2.31. The predicted octanol–water partition coefficient (Wildman–Crippen LogP) is 0.950. The molecule has 7 nitrogen and oxygen atoms in total. The van der Waals surface area contributed by atoms with Crippen LogP contribution < -0.4 is 0 Å². The van der Waals surface area contributed by atoms with Gasteiger partial charge in [-0.15, -0.1) is 11.6 Å². The Morgan fingerprint density at radius 3 is 2.60 bits per heavy atom. The van der Waals surface area contributed by atoms with Crippen molar-refractivity contribution in [3.8, 4) is 0 Å². The number of amides is 1. The predicted molar refractivity (Wildman–Crippen MR) is 91.8 cm³/mol. The monoisotopic (exact) mass is 385 g/mol. The highest BCUT2D eigenvalue weighted by atomic mass is 35.5. The van der Waals surface area contributed by atoms with Crippen molar-refractivity contribution in [1.82, 2.24) is 14.7 Å². The molecule has 0 saturated heterocycles. The summed E-state index contributed by atoms with van der Waals surface area (Å²) in [7, 11) is -1.54. The SMILES string of the molecule is Cn1nc(C(=O)CCl)c2c1C(=O)N(CC1(S(=O)(=O)C3CC3)CC1)CC2. The summed E-state index contributed by atoms with van der Waals surface area (Å²) in [5.74, 6) is -0.721. The maximum absolute atomic E-state index is 12.9. The highest BCUT2D eigenvalue weighted by molar-refractivity contribution is 7.94. The standard InChI is InChI=1S/C16H20ClN3O4S/c1-19-14-11(13(18-19)12(21)8-17)4-7-20(15(14)22)9-16(5-6-16)25(23,24)10-2-3-10/h10H,2-9H2,1H3. The molecule has 3 aliphatic rings. The molecular formula is C16H20ClN3O4S. The maximum Gasteiger partial charge on any atom is 0.272 e. The average Bonchev–Trinajstić information content (AvgIpc) is 3.47. The Kier molecular flexibility index (Phi) is 3.77. The molecule has 4 rings (SSSR count). The van der Waals surface area contributed by atoms with Gasteiger partial charge in [0.15, 0.2) is 15.6 Å². The van der Waals surface area contributed by atoms with E-state index in [1.165, 1.54) is 4.68 Å². The van der Waals surface area contributed by atoms with E-state index >= 15 is 0 Å². The van der Waals surface area contributed by atoms with E-state index in [1.807, 2.05) is 0 Å². The zero-order chi connectivity index (χ0) is 18.0. The van der Waals surface area contributed by atoms with Crippen LogP contribution in [0.15, 0.2) is 0 Å². The Morgan fingerprint density at radius 1 is 1.36 bits per heavy atom. The normalized spacial score (nSPS) is 22.0. The van der Waals surface area contributed by atoms with Gasteiger partial charge in [0.2, 0.25) is 0 Å². The van der Waals surface area contributed by atoms with Gasteiger partial charge in [0.05, 0.1) is 15.9 Å². The first-order valence-electron chi connectivity index (χ1n) is 8.48. The fourth-order valence-electron chi connectivity index (χ4n) is 3.76. The zero-order valence-corrected chi connectivity index (χ0v) is 15.6. The van der Waals surface area contributed by atoms with Crippen LogP contribution in [0.25, 0.3) is 0 Å². The van der Waals surface area contributed by atoms with Crippen molar-refractivity contribution in [2.24, 2.45) is 7.05 Å². The second-order valence-electron chi connectivity index (χ2n) is 7.26. The second kappa shape index (κ2) is 5.54. The summed E-state index contributed by atoms with van der Waals surface area (Å²) < 4.78 is 26.0. The molecule has 0 bridgehead atoms. The summed E-state index contributed by atoms with van der Waals surface area (Å²) in [4.78, 5) is 26.4. The van der Waals surface area contributed by atoms with E-state index < -0.39 is 14.6 Å². The molecule has 0 atom stereocenters. The number of Topliss-reactive ketones (excluding diaryl/α,β-unsaturated/α-hetero) is 1. The maximum atomic E-state index is 12.9. The van der Waals surface area contributed by atoms with Gasteiger partial charge in [0.1, 0.15) is 11.4 Å². The molecule has 0 N–H and O–H groups in total. The molecule has 0 unspecified atom stereocenters. The van der Waals surface area contributed by atoms with E-state index in [1.54, 1.807) is 11.9 Å². The van der Waals surface area contributed by atoms with Gasteiger partial charge in [-0.2, -0.15) is 5.10 Å². The van der Waals surface area contributed by atoms with Crippen molar-refractivity contribution in [2.75, 3.05) is 19.0 Å². The van der Waals surface area contributed by atoms with E-state index in [-0.39, 0.29) is 35.1 Å². The minimum absolute atomic E-state index is 0.176. The van der Waals surface area contributed by atoms with E-state index in [4.69, 9.17) is 11.6 Å². The molecule has 0 spiro atoms. The average molecular weight is 386 g/mol. The van der Waals surface area contributed by atoms with Gasteiger partial charge in [0.25, 0.3) is 5.91 Å². The quantitative estimate of drug-likeness (QED) is 0.537. The summed E-state index contributed by atoms with van der Waals surface area (Å²) in [6.07, 6.45) is 3.24. The van der Waals surface area contributed by atoms with Crippen molar-refractivity contribution < 1.29 is 18.0 Å². The fraction of sp³-hybridized carbons (Fsp3) is 0.688. The molecule has 2 saturated carbocycles. The molecule has 1 amide bonds. The molecule has 1 aliphatic heterocycles. The largest absolute Gasteiger partial charge is 0.335 e. The van der Waals surface area contributed by atoms with Gasteiger partial charge >= 0.3 is 0 Å². The number of hydrogen-bond donors (Lipinski definition) is 0. The van der Waals surface area contributed by atoms with Crippen LogP contribution in [0.2, 0.25) is 0 Å². The second-order valence-corrected chi connectivity index (χ2v) is 10.2. The Hall–Kier alpha value is -1.41. The molecule has 25 heavy (non-hydrogen) atoms. The van der Waals surface area contributed by atoms with Crippen molar-refractivity contribution in [1.29, 1.82) is 0 Å². The van der Waals surface area contributed by atoms with Crippen LogP contribution in [0.3, 0.4) is 0 Å². The lowest BCUT2D eigenvalue weighted by molar-refractivity contribution is 0.0724. The van der Waals surface area contributed by atoms with E-state index in [9.17, 15) is 18.0 Å². The molecule has 1 aromatic rings. The highest BCUT2D eigenvalue weighted by Gasteiger charge is 2.60. The zero-order valence-electron chi connectivity index (χ0n) is 14.0. The Bertz CT molecular complexity index is 868. The lowest BCUT2D eigenvalue weighted by atomic mass is 10.0. The minimum Gasteiger partial charge on any atom is -0.335 e. The topological polar surface area (TPSA) is 89.3 Å². The highest BCUT2D eigenvalue weighted by Crippen LogP contribution is 2.50. The number of carbonyl (C=O) groups is 2. The molecule has 1 aromatic heterocycles. The van der Waals surface area contributed by atoms with Gasteiger partial charge in [-0.05, 0) is 32.1 Å². The van der Waals surface area contributed by atoms with Crippen LogP contribution in [0.1, 0.15) is 52.2 Å². The summed E-state index contributed by atoms with van der Waals surface area (Å²) in [6, 6.07) is 0. The van der Waals surface area contributed by atoms with Crippen LogP contribution in [0.4, 0.5) is 0 Å². The number of carbonyl (C=O) groups excluding carboxylic acids is 2. The number of sulfone groups is 1. The molecule has 2 heterocycles. The van der Waals surface area contributed by atoms with Crippen molar-refractivity contribution >= 4 is 33.1 Å². The van der Waals surface area contributed by atoms with Crippen LogP contribution in [-0.2, 0) is 23.3 Å². The van der Waals surface area contributed by atoms with E-state index in [2.05, 4.69) is 5.10 Å². The van der Waals surface area contributed by atoms with Crippen LogP contribution in [0, 0.1) is 0 Å². The molecule has 136 valence electrons.